The van der Waals surface area contributed by atoms with Crippen LogP contribution in [0.25, 0.3) is 0 Å². The van der Waals surface area contributed by atoms with E-state index in [1.807, 2.05) is 6.08 Å². The van der Waals surface area contributed by atoms with Gasteiger partial charge in [0.25, 0.3) is 0 Å². The Morgan fingerprint density at radius 1 is 0.875 bits per heavy atom. The summed E-state index contributed by atoms with van der Waals surface area (Å²) in [4.78, 5) is 0. The highest BCUT2D eigenvalue weighted by Gasteiger charge is 1.90. The van der Waals surface area contributed by atoms with E-state index in [0.29, 0.717) is 0 Å². The molecule has 0 saturated heterocycles. The fraction of sp³-hybridized carbons (Fsp3) is 0.500. The van der Waals surface area contributed by atoms with Gasteiger partial charge in [-0.25, -0.2) is 0 Å². The topological polar surface area (TPSA) is 0 Å². The molecule has 90 valence electrons. The molecule has 0 aromatic carbocycles. The van der Waals surface area contributed by atoms with E-state index in [0.717, 1.165) is 12.8 Å². The average Bonchev–Trinajstić information content (AvgIpc) is 2.17. The van der Waals surface area contributed by atoms with Gasteiger partial charge in [0, 0.05) is 0 Å². The van der Waals surface area contributed by atoms with Crippen molar-refractivity contribution in [3.05, 3.63) is 47.6 Å². The Morgan fingerprint density at radius 2 is 1.44 bits per heavy atom. The Hall–Kier alpha value is -1.04. The van der Waals surface area contributed by atoms with Crippen LogP contribution in [-0.2, 0) is 0 Å². The molecule has 0 fully saturated rings. The molecular formula is C16H26. The van der Waals surface area contributed by atoms with Crippen molar-refractivity contribution in [2.75, 3.05) is 0 Å². The first kappa shape index (κ1) is 15.0. The monoisotopic (exact) mass is 218 g/mol. The fourth-order valence-electron chi connectivity index (χ4n) is 1.52. The van der Waals surface area contributed by atoms with Crippen LogP contribution in [0, 0.1) is 0 Å². The molecule has 0 saturated carbocycles. The molecule has 0 aliphatic heterocycles. The molecule has 0 heterocycles. The summed E-state index contributed by atoms with van der Waals surface area (Å²) < 4.78 is 0. The number of hydrogen-bond acceptors (Lipinski definition) is 0. The zero-order valence-electron chi connectivity index (χ0n) is 11.3. The van der Waals surface area contributed by atoms with Crippen LogP contribution in [0.5, 0.6) is 0 Å². The van der Waals surface area contributed by atoms with E-state index in [2.05, 4.69) is 52.5 Å². The summed E-state index contributed by atoms with van der Waals surface area (Å²) in [6, 6.07) is 0. The minimum absolute atomic E-state index is 1.14. The van der Waals surface area contributed by atoms with Gasteiger partial charge in [0.2, 0.25) is 0 Å². The van der Waals surface area contributed by atoms with Crippen LogP contribution in [0.2, 0.25) is 0 Å². The highest BCUT2D eigenvalue weighted by atomic mass is 14.0. The molecule has 0 heteroatoms. The molecule has 0 unspecified atom stereocenters. The van der Waals surface area contributed by atoms with E-state index in [9.17, 15) is 0 Å². The van der Waals surface area contributed by atoms with Crippen molar-refractivity contribution in [1.29, 1.82) is 0 Å². The van der Waals surface area contributed by atoms with E-state index in [4.69, 9.17) is 0 Å². The molecule has 0 bridgehead atoms. The van der Waals surface area contributed by atoms with Gasteiger partial charge < -0.3 is 0 Å². The maximum Gasteiger partial charge on any atom is -0.0285 e. The summed E-state index contributed by atoms with van der Waals surface area (Å²) in [5, 5.41) is 0. The molecule has 0 atom stereocenters. The maximum atomic E-state index is 3.70. The van der Waals surface area contributed by atoms with E-state index < -0.39 is 0 Å². The van der Waals surface area contributed by atoms with Gasteiger partial charge in [0.15, 0.2) is 0 Å². The van der Waals surface area contributed by atoms with Gasteiger partial charge >= 0.3 is 0 Å². The second kappa shape index (κ2) is 9.21. The molecule has 16 heavy (non-hydrogen) atoms. The van der Waals surface area contributed by atoms with Gasteiger partial charge in [-0.05, 0) is 53.4 Å². The zero-order valence-corrected chi connectivity index (χ0v) is 11.3. The third-order valence-electron chi connectivity index (χ3n) is 2.53. The molecule has 0 nitrogen and oxygen atoms in total. The van der Waals surface area contributed by atoms with E-state index >= 15 is 0 Å². The van der Waals surface area contributed by atoms with Gasteiger partial charge in [0.05, 0.1) is 0 Å². The Labute approximate surface area is 101 Å². The second-order valence-electron chi connectivity index (χ2n) is 4.66. The normalized spacial score (nSPS) is 12.5. The molecule has 0 rings (SSSR count). The summed E-state index contributed by atoms with van der Waals surface area (Å²) >= 11 is 0. The lowest BCUT2D eigenvalue weighted by molar-refractivity contribution is 0.918. The number of allylic oxidation sites excluding steroid dienone is 7. The van der Waals surface area contributed by atoms with Gasteiger partial charge in [-0.3, -0.25) is 0 Å². The highest BCUT2D eigenvalue weighted by molar-refractivity contribution is 5.09. The predicted molar refractivity (Wildman–Crippen MR) is 75.6 cm³/mol. The second-order valence-corrected chi connectivity index (χ2v) is 4.66. The molecule has 0 spiro atoms. The van der Waals surface area contributed by atoms with Crippen molar-refractivity contribution in [2.24, 2.45) is 0 Å². The predicted octanol–water partition coefficient (Wildman–Crippen LogP) is 5.59. The van der Waals surface area contributed by atoms with E-state index in [1.54, 1.807) is 0 Å². The lowest BCUT2D eigenvalue weighted by Crippen LogP contribution is -1.80. The van der Waals surface area contributed by atoms with Crippen molar-refractivity contribution in [3.63, 3.8) is 0 Å². The summed E-state index contributed by atoms with van der Waals surface area (Å²) in [7, 11) is 0. The summed E-state index contributed by atoms with van der Waals surface area (Å²) in [5.41, 5.74) is 4.32. The third-order valence-corrected chi connectivity index (χ3v) is 2.53. The van der Waals surface area contributed by atoms with Crippen molar-refractivity contribution >= 4 is 0 Å². The Kier molecular flexibility index (Phi) is 8.61. The Bertz CT molecular complexity index is 283. The average molecular weight is 218 g/mol. The van der Waals surface area contributed by atoms with E-state index in [-0.39, 0.29) is 0 Å². The van der Waals surface area contributed by atoms with Crippen LogP contribution in [0.15, 0.2) is 47.6 Å². The SMILES string of the molecule is C=C/C=C(/C)CC/C=C(/C)CCC=C(C)C. The maximum absolute atomic E-state index is 3.70. The number of rotatable bonds is 7. The quantitative estimate of drug-likeness (QED) is 0.386. The first-order valence-corrected chi connectivity index (χ1v) is 6.13. The molecule has 0 radical (unpaired) electrons. The summed E-state index contributed by atoms with van der Waals surface area (Å²) in [5.74, 6) is 0. The Balaban J connectivity index is 3.83. The van der Waals surface area contributed by atoms with Crippen LogP contribution < -0.4 is 0 Å². The smallest absolute Gasteiger partial charge is 0.0285 e. The molecule has 0 amide bonds. The van der Waals surface area contributed by atoms with Crippen LogP contribution >= 0.6 is 0 Å². The lowest BCUT2D eigenvalue weighted by Gasteiger charge is -2.00. The van der Waals surface area contributed by atoms with Crippen LogP contribution in [-0.4, -0.2) is 0 Å². The lowest BCUT2D eigenvalue weighted by atomic mass is 10.1. The molecule has 0 aromatic rings. The van der Waals surface area contributed by atoms with Crippen molar-refractivity contribution in [2.45, 2.75) is 53.4 Å². The molecule has 0 aliphatic rings. The van der Waals surface area contributed by atoms with Crippen molar-refractivity contribution in [3.8, 4) is 0 Å². The van der Waals surface area contributed by atoms with Crippen LogP contribution in [0.3, 0.4) is 0 Å². The van der Waals surface area contributed by atoms with Crippen LogP contribution in [0.4, 0.5) is 0 Å². The van der Waals surface area contributed by atoms with E-state index in [1.165, 1.54) is 29.6 Å². The number of hydrogen-bond donors (Lipinski definition) is 0. The molecule has 0 aliphatic carbocycles. The largest absolute Gasteiger partial charge is 0.0991 e. The first-order chi connectivity index (χ1) is 7.56. The fourth-order valence-corrected chi connectivity index (χ4v) is 1.52. The van der Waals surface area contributed by atoms with Crippen LogP contribution in [0.1, 0.15) is 53.4 Å². The zero-order chi connectivity index (χ0) is 12.4. The minimum atomic E-state index is 1.14. The van der Waals surface area contributed by atoms with Gasteiger partial charge in [-0.2, -0.15) is 0 Å². The van der Waals surface area contributed by atoms with Crippen molar-refractivity contribution < 1.29 is 0 Å². The van der Waals surface area contributed by atoms with Crippen molar-refractivity contribution in [1.82, 2.24) is 0 Å². The molecule has 0 aromatic heterocycles. The molecule has 0 N–H and O–H groups in total. The Morgan fingerprint density at radius 3 is 2.00 bits per heavy atom. The van der Waals surface area contributed by atoms with Gasteiger partial charge in [-0.15, -0.1) is 0 Å². The summed E-state index contributed by atoms with van der Waals surface area (Å²) in [6.45, 7) is 12.4. The van der Waals surface area contributed by atoms with Gasteiger partial charge in [-0.1, -0.05) is 47.6 Å². The first-order valence-electron chi connectivity index (χ1n) is 6.13. The standard InChI is InChI=1S/C16H26/c1-6-9-15(4)12-8-13-16(5)11-7-10-14(2)3/h6,9-10,13H,1,7-8,11-12H2,2-5H3/b15-9-,16-13-. The highest BCUT2D eigenvalue weighted by Crippen LogP contribution is 2.11. The molecular weight excluding hydrogens is 192 g/mol. The minimum Gasteiger partial charge on any atom is -0.0991 e. The van der Waals surface area contributed by atoms with Gasteiger partial charge in [0.1, 0.15) is 0 Å². The summed E-state index contributed by atoms with van der Waals surface area (Å²) in [6.07, 6.45) is 13.3. The third kappa shape index (κ3) is 9.51.